The number of aryl methyl sites for hydroxylation is 1. The average Bonchev–Trinajstić information content (AvgIpc) is 3.03. The van der Waals surface area contributed by atoms with Gasteiger partial charge in [-0.05, 0) is 49.6 Å². The van der Waals surface area contributed by atoms with Gasteiger partial charge in [0.2, 0.25) is 15.9 Å². The highest BCUT2D eigenvalue weighted by Gasteiger charge is 2.30. The number of para-hydroxylation sites is 1. The fraction of sp³-hybridized carbons (Fsp3) is 0.409. The number of carbonyl (C=O) groups excluding carboxylic acids is 1. The molecular formula is C22H29N3O3S. The smallest absolute Gasteiger partial charge is 0.246 e. The van der Waals surface area contributed by atoms with Gasteiger partial charge in [0.25, 0.3) is 0 Å². The Kier molecular flexibility index (Phi) is 6.29. The molecule has 0 fully saturated rings. The van der Waals surface area contributed by atoms with Gasteiger partial charge in [0, 0.05) is 30.5 Å². The normalized spacial score (nSPS) is 16.2. The van der Waals surface area contributed by atoms with E-state index in [0.29, 0.717) is 18.8 Å². The van der Waals surface area contributed by atoms with Crippen molar-refractivity contribution in [3.8, 4) is 0 Å². The molecule has 0 spiro atoms. The van der Waals surface area contributed by atoms with Crippen molar-refractivity contribution in [2.45, 2.75) is 45.1 Å². The molecular weight excluding hydrogens is 386 g/mol. The Hall–Kier alpha value is -2.38. The van der Waals surface area contributed by atoms with Crippen LogP contribution >= 0.6 is 0 Å². The van der Waals surface area contributed by atoms with Crippen LogP contribution in [0.1, 0.15) is 31.9 Å². The number of rotatable bonds is 7. The molecule has 1 aliphatic rings. The van der Waals surface area contributed by atoms with E-state index < -0.39 is 10.0 Å². The van der Waals surface area contributed by atoms with E-state index in [1.54, 1.807) is 18.2 Å². The van der Waals surface area contributed by atoms with E-state index in [1.807, 2.05) is 50.8 Å². The number of nitrogens with zero attached hydrogens (tertiary/aromatic N) is 2. The molecule has 0 aromatic heterocycles. The van der Waals surface area contributed by atoms with Crippen molar-refractivity contribution in [3.05, 3.63) is 53.6 Å². The van der Waals surface area contributed by atoms with Crippen molar-refractivity contribution in [3.63, 3.8) is 0 Å². The molecule has 1 aliphatic heterocycles. The molecule has 29 heavy (non-hydrogen) atoms. The van der Waals surface area contributed by atoms with Crippen LogP contribution in [0.3, 0.4) is 0 Å². The molecule has 2 aromatic carbocycles. The predicted molar refractivity (Wildman–Crippen MR) is 117 cm³/mol. The first-order valence-corrected chi connectivity index (χ1v) is 11.5. The number of anilines is 2. The summed E-state index contributed by atoms with van der Waals surface area (Å²) in [6.45, 7) is 8.52. The van der Waals surface area contributed by atoms with E-state index in [2.05, 4.69) is 11.4 Å². The average molecular weight is 416 g/mol. The maximum absolute atomic E-state index is 12.9. The van der Waals surface area contributed by atoms with Crippen LogP contribution in [0.5, 0.6) is 0 Å². The molecule has 1 heterocycles. The van der Waals surface area contributed by atoms with Crippen LogP contribution in [-0.2, 0) is 21.2 Å². The van der Waals surface area contributed by atoms with Gasteiger partial charge in [-0.1, -0.05) is 38.1 Å². The van der Waals surface area contributed by atoms with Gasteiger partial charge in [0.05, 0.1) is 11.4 Å². The fourth-order valence-corrected chi connectivity index (χ4v) is 5.35. The van der Waals surface area contributed by atoms with Crippen molar-refractivity contribution in [2.24, 2.45) is 0 Å². The van der Waals surface area contributed by atoms with Gasteiger partial charge in [-0.25, -0.2) is 8.42 Å². The van der Waals surface area contributed by atoms with E-state index in [4.69, 9.17) is 0 Å². The topological polar surface area (TPSA) is 69.7 Å². The molecule has 0 saturated carbocycles. The Labute approximate surface area is 173 Å². The monoisotopic (exact) mass is 415 g/mol. The molecule has 0 saturated heterocycles. The second-order valence-corrected chi connectivity index (χ2v) is 9.30. The molecule has 0 bridgehead atoms. The highest BCUT2D eigenvalue weighted by atomic mass is 32.2. The third kappa shape index (κ3) is 4.16. The molecule has 2 aromatic rings. The Bertz CT molecular complexity index is 1000. The lowest BCUT2D eigenvalue weighted by Gasteiger charge is -2.24. The minimum atomic E-state index is -3.55. The van der Waals surface area contributed by atoms with Crippen LogP contribution in [0.15, 0.2) is 47.4 Å². The summed E-state index contributed by atoms with van der Waals surface area (Å²) in [5.41, 5.74) is 3.69. The minimum Gasteiger partial charge on any atom is -0.376 e. The molecule has 6 nitrogen and oxygen atoms in total. The van der Waals surface area contributed by atoms with Crippen molar-refractivity contribution < 1.29 is 13.2 Å². The molecule has 0 aliphatic carbocycles. The largest absolute Gasteiger partial charge is 0.376 e. The Morgan fingerprint density at radius 2 is 1.86 bits per heavy atom. The number of benzene rings is 2. The van der Waals surface area contributed by atoms with E-state index >= 15 is 0 Å². The molecule has 0 radical (unpaired) electrons. The van der Waals surface area contributed by atoms with Crippen LogP contribution in [0.2, 0.25) is 0 Å². The second-order valence-electron chi connectivity index (χ2n) is 7.37. The number of amides is 1. The number of nitrogens with one attached hydrogen (secondary N) is 1. The first-order valence-electron chi connectivity index (χ1n) is 10.0. The summed E-state index contributed by atoms with van der Waals surface area (Å²) in [4.78, 5) is 15.0. The Morgan fingerprint density at radius 1 is 1.17 bits per heavy atom. The number of hydrogen-bond donors (Lipinski definition) is 1. The van der Waals surface area contributed by atoms with Gasteiger partial charge in [0.15, 0.2) is 0 Å². The Balaban J connectivity index is 1.78. The minimum absolute atomic E-state index is 0.0288. The zero-order valence-corrected chi connectivity index (χ0v) is 18.3. The Morgan fingerprint density at radius 3 is 2.55 bits per heavy atom. The predicted octanol–water partition coefficient (Wildman–Crippen LogP) is 3.42. The third-order valence-electron chi connectivity index (χ3n) is 5.46. The zero-order valence-electron chi connectivity index (χ0n) is 17.5. The van der Waals surface area contributed by atoms with Crippen LogP contribution in [0, 0.1) is 6.92 Å². The van der Waals surface area contributed by atoms with Gasteiger partial charge in [-0.3, -0.25) is 4.79 Å². The fourth-order valence-electron chi connectivity index (χ4n) is 3.87. The van der Waals surface area contributed by atoms with Gasteiger partial charge in [-0.15, -0.1) is 0 Å². The van der Waals surface area contributed by atoms with Gasteiger partial charge in [0.1, 0.15) is 0 Å². The van der Waals surface area contributed by atoms with E-state index in [0.717, 1.165) is 17.7 Å². The van der Waals surface area contributed by atoms with Crippen LogP contribution in [0.25, 0.3) is 0 Å². The van der Waals surface area contributed by atoms with E-state index in [9.17, 15) is 13.2 Å². The third-order valence-corrected chi connectivity index (χ3v) is 7.50. The highest BCUT2D eigenvalue weighted by molar-refractivity contribution is 7.89. The number of fused-ring (bicyclic) bond motifs is 1. The van der Waals surface area contributed by atoms with Crippen LogP contribution < -0.4 is 10.2 Å². The molecule has 1 amide bonds. The summed E-state index contributed by atoms with van der Waals surface area (Å²) in [5, 5.41) is 3.15. The lowest BCUT2D eigenvalue weighted by molar-refractivity contribution is -0.117. The van der Waals surface area contributed by atoms with E-state index in [-0.39, 0.29) is 23.4 Å². The quantitative estimate of drug-likeness (QED) is 0.752. The molecule has 156 valence electrons. The lowest BCUT2D eigenvalue weighted by Crippen LogP contribution is -2.39. The summed E-state index contributed by atoms with van der Waals surface area (Å²) in [7, 11) is -3.55. The van der Waals surface area contributed by atoms with Gasteiger partial charge < -0.3 is 10.2 Å². The zero-order chi connectivity index (χ0) is 21.2. The van der Waals surface area contributed by atoms with Crippen LogP contribution in [-0.4, -0.2) is 44.3 Å². The van der Waals surface area contributed by atoms with Crippen molar-refractivity contribution in [1.82, 2.24) is 4.31 Å². The summed E-state index contributed by atoms with van der Waals surface area (Å²) in [6.07, 6.45) is 0.846. The van der Waals surface area contributed by atoms with E-state index in [1.165, 1.54) is 9.87 Å². The molecule has 3 rings (SSSR count). The standard InChI is InChI=1S/C22H29N3O3S/c1-5-24(6-2)29(27,28)19-12-11-16(3)20(14-19)23-15-22(26)25-17(4)13-18-9-7-8-10-21(18)25/h7-12,14,17,23H,5-6,13,15H2,1-4H3/t17-/m1/s1. The lowest BCUT2D eigenvalue weighted by atomic mass is 10.1. The second kappa shape index (κ2) is 8.55. The molecule has 7 heteroatoms. The highest BCUT2D eigenvalue weighted by Crippen LogP contribution is 2.32. The summed E-state index contributed by atoms with van der Waals surface area (Å²) < 4.78 is 27.0. The van der Waals surface area contributed by atoms with Crippen molar-refractivity contribution >= 4 is 27.3 Å². The summed E-state index contributed by atoms with van der Waals surface area (Å²) in [6, 6.07) is 13.1. The molecule has 0 unspecified atom stereocenters. The number of hydrogen-bond acceptors (Lipinski definition) is 4. The van der Waals surface area contributed by atoms with Crippen molar-refractivity contribution in [1.29, 1.82) is 0 Å². The first kappa shape index (κ1) is 21.3. The number of carbonyl (C=O) groups is 1. The molecule has 1 N–H and O–H groups in total. The molecule has 1 atom stereocenters. The van der Waals surface area contributed by atoms with Gasteiger partial charge >= 0.3 is 0 Å². The maximum atomic E-state index is 12.9. The number of sulfonamides is 1. The first-order chi connectivity index (χ1) is 13.8. The SMILES string of the molecule is CCN(CC)S(=O)(=O)c1ccc(C)c(NCC(=O)N2c3ccccc3C[C@H]2C)c1. The summed E-state index contributed by atoms with van der Waals surface area (Å²) in [5.74, 6) is -0.0288. The summed E-state index contributed by atoms with van der Waals surface area (Å²) >= 11 is 0. The van der Waals surface area contributed by atoms with Gasteiger partial charge in [-0.2, -0.15) is 4.31 Å². The van der Waals surface area contributed by atoms with Crippen molar-refractivity contribution in [2.75, 3.05) is 29.9 Å². The maximum Gasteiger partial charge on any atom is 0.246 e. The van der Waals surface area contributed by atoms with Crippen LogP contribution in [0.4, 0.5) is 11.4 Å².